The number of halogens is 4. The first-order valence-electron chi connectivity index (χ1n) is 8.39. The van der Waals surface area contributed by atoms with Gasteiger partial charge in [0.2, 0.25) is 0 Å². The van der Waals surface area contributed by atoms with Crippen LogP contribution in [0.15, 0.2) is 70.2 Å². The van der Waals surface area contributed by atoms with E-state index in [0.29, 0.717) is 17.2 Å². The standard InChI is InChI=1S/C21H14BrClI2N2O2/c22-16-7-3-2-6-15(16)21(28)27-26-11-13-9-18(24)20(19(25)10-13)29-12-14-5-1-4-8-17(14)23/h1-11H,12H2,(H,27,28)/b26-11+. The summed E-state index contributed by atoms with van der Waals surface area (Å²) in [4.78, 5) is 12.2. The summed E-state index contributed by atoms with van der Waals surface area (Å²) in [6.45, 7) is 0.390. The fourth-order valence-corrected chi connectivity index (χ4v) is 5.21. The lowest BCUT2D eigenvalue weighted by Gasteiger charge is -2.12. The molecule has 0 aliphatic rings. The van der Waals surface area contributed by atoms with Gasteiger partial charge in [-0.15, -0.1) is 0 Å². The molecule has 0 atom stereocenters. The highest BCUT2D eigenvalue weighted by molar-refractivity contribution is 14.1. The van der Waals surface area contributed by atoms with Gasteiger partial charge in [-0.05, 0) is 97.0 Å². The van der Waals surface area contributed by atoms with Crippen LogP contribution in [0.5, 0.6) is 5.75 Å². The van der Waals surface area contributed by atoms with E-state index in [1.807, 2.05) is 48.5 Å². The summed E-state index contributed by atoms with van der Waals surface area (Å²) >= 11 is 14.0. The Balaban J connectivity index is 1.67. The lowest BCUT2D eigenvalue weighted by molar-refractivity contribution is 0.0954. The van der Waals surface area contributed by atoms with Crippen LogP contribution >= 0.6 is 72.7 Å². The molecule has 29 heavy (non-hydrogen) atoms. The van der Waals surface area contributed by atoms with Crippen LogP contribution in [0.2, 0.25) is 5.02 Å². The van der Waals surface area contributed by atoms with E-state index >= 15 is 0 Å². The molecule has 0 spiro atoms. The Labute approximate surface area is 209 Å². The van der Waals surface area contributed by atoms with E-state index < -0.39 is 0 Å². The minimum Gasteiger partial charge on any atom is -0.487 e. The molecule has 148 valence electrons. The lowest BCUT2D eigenvalue weighted by atomic mass is 10.2. The van der Waals surface area contributed by atoms with Gasteiger partial charge in [0.15, 0.2) is 0 Å². The van der Waals surface area contributed by atoms with Crippen molar-refractivity contribution in [1.82, 2.24) is 5.43 Å². The van der Waals surface area contributed by atoms with Gasteiger partial charge in [-0.1, -0.05) is 41.9 Å². The number of ether oxygens (including phenoxy) is 1. The lowest BCUT2D eigenvalue weighted by Crippen LogP contribution is -2.18. The molecule has 0 unspecified atom stereocenters. The highest BCUT2D eigenvalue weighted by atomic mass is 127. The van der Waals surface area contributed by atoms with Gasteiger partial charge in [-0.25, -0.2) is 5.43 Å². The molecule has 0 radical (unpaired) electrons. The second-order valence-electron chi connectivity index (χ2n) is 5.87. The number of hydrogen-bond donors (Lipinski definition) is 1. The maximum absolute atomic E-state index is 12.2. The summed E-state index contributed by atoms with van der Waals surface area (Å²) in [5.41, 5.74) is 4.86. The van der Waals surface area contributed by atoms with Crippen molar-refractivity contribution >= 4 is 84.8 Å². The Morgan fingerprint density at radius 1 is 1.10 bits per heavy atom. The SMILES string of the molecule is O=C(N/N=C/c1cc(I)c(OCc2ccccc2Cl)c(I)c1)c1ccccc1Br. The fourth-order valence-electron chi connectivity index (χ4n) is 2.43. The number of benzene rings is 3. The smallest absolute Gasteiger partial charge is 0.272 e. The zero-order chi connectivity index (χ0) is 20.8. The van der Waals surface area contributed by atoms with Gasteiger partial charge in [0.05, 0.1) is 18.9 Å². The van der Waals surface area contributed by atoms with Crippen molar-refractivity contribution in [2.45, 2.75) is 6.61 Å². The molecule has 8 heteroatoms. The molecule has 3 rings (SSSR count). The van der Waals surface area contributed by atoms with E-state index in [0.717, 1.165) is 28.5 Å². The van der Waals surface area contributed by atoms with Crippen LogP contribution < -0.4 is 10.2 Å². The molecule has 3 aromatic carbocycles. The Morgan fingerprint density at radius 2 is 1.76 bits per heavy atom. The van der Waals surface area contributed by atoms with E-state index in [1.54, 1.807) is 18.3 Å². The predicted octanol–water partition coefficient (Wildman–Crippen LogP) is 6.65. The maximum atomic E-state index is 12.2. The second-order valence-corrected chi connectivity index (χ2v) is 9.46. The first-order chi connectivity index (χ1) is 14.0. The summed E-state index contributed by atoms with van der Waals surface area (Å²) in [7, 11) is 0. The highest BCUT2D eigenvalue weighted by Gasteiger charge is 2.11. The van der Waals surface area contributed by atoms with Gasteiger partial charge in [-0.3, -0.25) is 4.79 Å². The largest absolute Gasteiger partial charge is 0.487 e. The number of rotatable bonds is 6. The Hall–Kier alpha value is -1.17. The average Bonchev–Trinajstić information content (AvgIpc) is 2.69. The topological polar surface area (TPSA) is 50.7 Å². The van der Waals surface area contributed by atoms with Crippen LogP contribution in [0.3, 0.4) is 0 Å². The Morgan fingerprint density at radius 3 is 2.45 bits per heavy atom. The van der Waals surface area contributed by atoms with Gasteiger partial charge in [0.25, 0.3) is 5.91 Å². The molecule has 0 aliphatic heterocycles. The van der Waals surface area contributed by atoms with E-state index in [1.165, 1.54) is 0 Å². The molecular formula is C21H14BrClI2N2O2. The zero-order valence-electron chi connectivity index (χ0n) is 14.8. The number of hydrogen-bond acceptors (Lipinski definition) is 3. The van der Waals surface area contributed by atoms with Crippen LogP contribution in [-0.2, 0) is 6.61 Å². The van der Waals surface area contributed by atoms with E-state index in [2.05, 4.69) is 71.6 Å². The predicted molar refractivity (Wildman–Crippen MR) is 137 cm³/mol. The molecule has 0 heterocycles. The van der Waals surface area contributed by atoms with E-state index in [4.69, 9.17) is 16.3 Å². The van der Waals surface area contributed by atoms with Gasteiger partial charge in [-0.2, -0.15) is 5.10 Å². The minimum atomic E-state index is -0.280. The highest BCUT2D eigenvalue weighted by Crippen LogP contribution is 2.30. The molecular weight excluding hydrogens is 681 g/mol. The molecule has 3 aromatic rings. The van der Waals surface area contributed by atoms with E-state index in [9.17, 15) is 4.79 Å². The average molecular weight is 696 g/mol. The number of hydrazone groups is 1. The Kier molecular flexibility index (Phi) is 8.34. The quantitative estimate of drug-likeness (QED) is 0.178. The molecule has 1 N–H and O–H groups in total. The molecule has 0 fully saturated rings. The maximum Gasteiger partial charge on any atom is 0.272 e. The fraction of sp³-hybridized carbons (Fsp3) is 0.0476. The van der Waals surface area contributed by atoms with Gasteiger partial charge in [0.1, 0.15) is 12.4 Å². The summed E-state index contributed by atoms with van der Waals surface area (Å²) in [5, 5.41) is 4.75. The van der Waals surface area contributed by atoms with Gasteiger partial charge in [0, 0.05) is 15.1 Å². The zero-order valence-corrected chi connectivity index (χ0v) is 21.5. The third kappa shape index (κ3) is 6.16. The Bertz CT molecular complexity index is 1050. The van der Waals surface area contributed by atoms with Crippen molar-refractivity contribution < 1.29 is 9.53 Å². The molecule has 0 saturated carbocycles. The van der Waals surface area contributed by atoms with Crippen molar-refractivity contribution in [2.24, 2.45) is 5.10 Å². The van der Waals surface area contributed by atoms with Gasteiger partial charge < -0.3 is 4.74 Å². The minimum absolute atomic E-state index is 0.280. The first kappa shape index (κ1) is 22.5. The van der Waals surface area contributed by atoms with Gasteiger partial charge >= 0.3 is 0 Å². The molecule has 4 nitrogen and oxygen atoms in total. The molecule has 0 aliphatic carbocycles. The van der Waals surface area contributed by atoms with Crippen LogP contribution in [0.25, 0.3) is 0 Å². The summed E-state index contributed by atoms with van der Waals surface area (Å²) in [6.07, 6.45) is 1.61. The van der Waals surface area contributed by atoms with Crippen molar-refractivity contribution in [3.8, 4) is 5.75 Å². The monoisotopic (exact) mass is 694 g/mol. The van der Waals surface area contributed by atoms with Crippen LogP contribution in [0.4, 0.5) is 0 Å². The number of amides is 1. The first-order valence-corrected chi connectivity index (χ1v) is 11.7. The molecule has 0 bridgehead atoms. The van der Waals surface area contributed by atoms with Crippen LogP contribution in [-0.4, -0.2) is 12.1 Å². The normalized spacial score (nSPS) is 10.9. The van der Waals surface area contributed by atoms with Crippen molar-refractivity contribution in [3.05, 3.63) is 94.0 Å². The second kappa shape index (κ2) is 10.7. The van der Waals surface area contributed by atoms with Crippen molar-refractivity contribution in [1.29, 1.82) is 0 Å². The molecule has 1 amide bonds. The van der Waals surface area contributed by atoms with Crippen molar-refractivity contribution in [3.63, 3.8) is 0 Å². The van der Waals surface area contributed by atoms with Crippen molar-refractivity contribution in [2.75, 3.05) is 0 Å². The summed E-state index contributed by atoms with van der Waals surface area (Å²) in [5.74, 6) is 0.512. The number of carbonyl (C=O) groups excluding carboxylic acids is 1. The third-order valence-electron chi connectivity index (χ3n) is 3.85. The third-order valence-corrected chi connectivity index (χ3v) is 6.51. The van der Waals surface area contributed by atoms with E-state index in [-0.39, 0.29) is 5.91 Å². The summed E-state index contributed by atoms with van der Waals surface area (Å²) in [6, 6.07) is 18.7. The van der Waals surface area contributed by atoms with Crippen LogP contribution in [0.1, 0.15) is 21.5 Å². The van der Waals surface area contributed by atoms with Crippen LogP contribution in [0, 0.1) is 7.14 Å². The number of nitrogens with zero attached hydrogens (tertiary/aromatic N) is 1. The number of nitrogens with one attached hydrogen (secondary N) is 1. The molecule has 0 aromatic heterocycles. The summed E-state index contributed by atoms with van der Waals surface area (Å²) < 4.78 is 8.59. The number of carbonyl (C=O) groups is 1. The molecule has 0 saturated heterocycles.